The lowest BCUT2D eigenvalue weighted by Crippen LogP contribution is -2.32. The molecule has 19 heavy (non-hydrogen) atoms. The van der Waals surface area contributed by atoms with E-state index in [1.54, 1.807) is 0 Å². The molecule has 1 aromatic rings. The van der Waals surface area contributed by atoms with Gasteiger partial charge in [-0.2, -0.15) is 5.26 Å². The highest BCUT2D eigenvalue weighted by molar-refractivity contribution is 5.93. The maximum absolute atomic E-state index is 11.8. The molecule has 0 atom stereocenters. The average molecular weight is 260 g/mol. The summed E-state index contributed by atoms with van der Waals surface area (Å²) in [4.78, 5) is 11.8. The molecule has 0 bridgehead atoms. The second-order valence-electron chi connectivity index (χ2n) is 5.21. The van der Waals surface area contributed by atoms with Crippen LogP contribution in [0.25, 0.3) is 0 Å². The van der Waals surface area contributed by atoms with E-state index in [1.807, 2.05) is 6.07 Å². The Morgan fingerprint density at radius 3 is 2.74 bits per heavy atom. The predicted molar refractivity (Wildman–Crippen MR) is 68.4 cm³/mol. The Bertz CT molecular complexity index is 481. The quantitative estimate of drug-likeness (QED) is 0.844. The van der Waals surface area contributed by atoms with Crippen LogP contribution in [0.3, 0.4) is 0 Å². The minimum absolute atomic E-state index is 0.135. The van der Waals surface area contributed by atoms with Crippen LogP contribution in [0.4, 0.5) is 0 Å². The second kappa shape index (κ2) is 5.83. The Morgan fingerprint density at radius 2 is 2.16 bits per heavy atom. The number of rotatable bonds is 4. The highest BCUT2D eigenvalue weighted by Crippen LogP contribution is 2.37. The van der Waals surface area contributed by atoms with Crippen LogP contribution in [-0.4, -0.2) is 21.3 Å². The number of carbonyl (C=O) groups is 1. The zero-order valence-corrected chi connectivity index (χ0v) is 11.0. The van der Waals surface area contributed by atoms with Crippen LogP contribution in [0, 0.1) is 29.1 Å². The molecule has 0 aromatic carbocycles. The lowest BCUT2D eigenvalue weighted by atomic mass is 9.74. The van der Waals surface area contributed by atoms with E-state index >= 15 is 0 Å². The molecule has 0 spiro atoms. The third kappa shape index (κ3) is 2.92. The van der Waals surface area contributed by atoms with Crippen molar-refractivity contribution in [2.45, 2.75) is 39.0 Å². The maximum Gasteiger partial charge on any atom is 0.231 e. The van der Waals surface area contributed by atoms with Crippen LogP contribution in [0.15, 0.2) is 0 Å². The van der Waals surface area contributed by atoms with Crippen LogP contribution in [0.1, 0.15) is 44.0 Å². The number of amides is 1. The van der Waals surface area contributed by atoms with E-state index in [4.69, 9.17) is 11.0 Å². The zero-order chi connectivity index (χ0) is 13.8. The van der Waals surface area contributed by atoms with Crippen molar-refractivity contribution in [1.82, 2.24) is 15.4 Å². The van der Waals surface area contributed by atoms with Gasteiger partial charge in [-0.15, -0.1) is 5.10 Å². The van der Waals surface area contributed by atoms with Gasteiger partial charge in [0, 0.05) is 0 Å². The van der Waals surface area contributed by atoms with Gasteiger partial charge in [-0.3, -0.25) is 9.89 Å². The van der Waals surface area contributed by atoms with Crippen molar-refractivity contribution < 1.29 is 4.79 Å². The summed E-state index contributed by atoms with van der Waals surface area (Å²) in [5.74, 6) is 0.913. The molecule has 1 fully saturated rings. The van der Waals surface area contributed by atoms with E-state index in [0.29, 0.717) is 23.2 Å². The first-order valence-corrected chi connectivity index (χ1v) is 6.57. The first-order valence-electron chi connectivity index (χ1n) is 6.57. The van der Waals surface area contributed by atoms with Crippen molar-refractivity contribution in [2.75, 3.05) is 0 Å². The van der Waals surface area contributed by atoms with Gasteiger partial charge in [0.25, 0.3) is 0 Å². The van der Waals surface area contributed by atoms with Gasteiger partial charge in [0.2, 0.25) is 5.91 Å². The number of aromatic amines is 1. The summed E-state index contributed by atoms with van der Waals surface area (Å²) in [6.07, 6.45) is 4.22. The van der Waals surface area contributed by atoms with Gasteiger partial charge in [-0.1, -0.05) is 25.0 Å². The molecule has 1 heterocycles. The number of H-pyrrole nitrogens is 1. The van der Waals surface area contributed by atoms with Crippen molar-refractivity contribution in [3.63, 3.8) is 0 Å². The van der Waals surface area contributed by atoms with Crippen molar-refractivity contribution in [2.24, 2.45) is 17.6 Å². The van der Waals surface area contributed by atoms with Gasteiger partial charge in [0.15, 0.2) is 0 Å². The standard InChI is InChI=1S/C13H18N5O/c1-8-2-4-9(5-3-8)11(13(15)19)12-10(6-7-14)16-18-17-12/h8-9H,2-6H2,1H3,(H2,15,19)(H,16,17,18). The van der Waals surface area contributed by atoms with E-state index in [2.05, 4.69) is 22.3 Å². The van der Waals surface area contributed by atoms with Gasteiger partial charge in [-0.25, -0.2) is 0 Å². The third-order valence-electron chi connectivity index (χ3n) is 3.82. The Kier molecular flexibility index (Phi) is 4.15. The number of nitrogens with one attached hydrogen (secondary N) is 1. The fourth-order valence-corrected chi connectivity index (χ4v) is 2.73. The number of nitriles is 1. The first kappa shape index (κ1) is 13.5. The molecule has 6 heteroatoms. The fourth-order valence-electron chi connectivity index (χ4n) is 2.73. The Hall–Kier alpha value is -1.90. The van der Waals surface area contributed by atoms with Crippen LogP contribution in [0.5, 0.6) is 0 Å². The number of carbonyl (C=O) groups excluding carboxylic acids is 1. The Balaban J connectivity index is 2.23. The van der Waals surface area contributed by atoms with Gasteiger partial charge in [0.1, 0.15) is 11.6 Å². The molecule has 0 unspecified atom stereocenters. The monoisotopic (exact) mass is 260 g/mol. The van der Waals surface area contributed by atoms with Crippen molar-refractivity contribution in [3.05, 3.63) is 17.3 Å². The molecule has 1 radical (unpaired) electrons. The SMILES string of the molecule is CC1CCC([C](C(N)=O)c2nn[nH]c2CC#N)CC1. The van der Waals surface area contributed by atoms with Gasteiger partial charge in [-0.05, 0) is 24.7 Å². The molecule has 6 nitrogen and oxygen atoms in total. The minimum atomic E-state index is -0.451. The zero-order valence-electron chi connectivity index (χ0n) is 11.0. The molecule has 0 aliphatic heterocycles. The van der Waals surface area contributed by atoms with Crippen LogP contribution in [0.2, 0.25) is 0 Å². The van der Waals surface area contributed by atoms with Crippen molar-refractivity contribution in [1.29, 1.82) is 5.26 Å². The summed E-state index contributed by atoms with van der Waals surface area (Å²) < 4.78 is 0. The Labute approximate surface area is 112 Å². The topological polar surface area (TPSA) is 108 Å². The smallest absolute Gasteiger partial charge is 0.231 e. The maximum atomic E-state index is 11.8. The molecule has 0 saturated heterocycles. The first-order chi connectivity index (χ1) is 9.13. The van der Waals surface area contributed by atoms with Crippen molar-refractivity contribution in [3.8, 4) is 6.07 Å². The highest BCUT2D eigenvalue weighted by atomic mass is 16.1. The summed E-state index contributed by atoms with van der Waals surface area (Å²) in [5, 5.41) is 19.1. The Morgan fingerprint density at radius 1 is 1.47 bits per heavy atom. The normalized spacial score (nSPS) is 23.2. The highest BCUT2D eigenvalue weighted by Gasteiger charge is 2.35. The average Bonchev–Trinajstić information content (AvgIpc) is 2.80. The van der Waals surface area contributed by atoms with E-state index in [-0.39, 0.29) is 12.3 Å². The van der Waals surface area contributed by atoms with Crippen molar-refractivity contribution >= 4 is 5.91 Å². The number of nitrogens with zero attached hydrogens (tertiary/aromatic N) is 3. The predicted octanol–water partition coefficient (Wildman–Crippen LogP) is 1.10. The molecule has 2 rings (SSSR count). The summed E-state index contributed by atoms with van der Waals surface area (Å²) in [7, 11) is 0. The third-order valence-corrected chi connectivity index (χ3v) is 3.82. The molecular weight excluding hydrogens is 242 g/mol. The number of hydrogen-bond donors (Lipinski definition) is 2. The lowest BCUT2D eigenvalue weighted by molar-refractivity contribution is -0.116. The van der Waals surface area contributed by atoms with Gasteiger partial charge < -0.3 is 5.73 Å². The molecular formula is C13H18N5O. The number of nitrogens with two attached hydrogens (primary N) is 1. The molecule has 3 N–H and O–H groups in total. The second-order valence-corrected chi connectivity index (χ2v) is 5.21. The number of aromatic nitrogens is 3. The van der Waals surface area contributed by atoms with Gasteiger partial charge >= 0.3 is 0 Å². The summed E-state index contributed by atoms with van der Waals surface area (Å²) in [5.41, 5.74) is 6.58. The van der Waals surface area contributed by atoms with E-state index in [0.717, 1.165) is 25.7 Å². The van der Waals surface area contributed by atoms with E-state index < -0.39 is 5.91 Å². The summed E-state index contributed by atoms with van der Waals surface area (Å²) in [6.45, 7) is 2.22. The van der Waals surface area contributed by atoms with Crippen LogP contribution >= 0.6 is 0 Å². The van der Waals surface area contributed by atoms with E-state index in [9.17, 15) is 4.79 Å². The van der Waals surface area contributed by atoms with Crippen LogP contribution in [-0.2, 0) is 11.2 Å². The molecule has 1 saturated carbocycles. The molecule has 1 amide bonds. The number of hydrogen-bond acceptors (Lipinski definition) is 4. The fraction of sp³-hybridized carbons (Fsp3) is 0.615. The molecule has 1 aliphatic carbocycles. The minimum Gasteiger partial charge on any atom is -0.369 e. The largest absolute Gasteiger partial charge is 0.369 e. The summed E-state index contributed by atoms with van der Waals surface area (Å²) in [6, 6.07) is 2.04. The lowest BCUT2D eigenvalue weighted by Gasteiger charge is -2.29. The molecule has 1 aromatic heterocycles. The molecule has 101 valence electrons. The number of primary amides is 1. The summed E-state index contributed by atoms with van der Waals surface area (Å²) >= 11 is 0. The van der Waals surface area contributed by atoms with Gasteiger partial charge in [0.05, 0.1) is 18.2 Å². The van der Waals surface area contributed by atoms with Crippen LogP contribution < -0.4 is 5.73 Å². The van der Waals surface area contributed by atoms with E-state index in [1.165, 1.54) is 0 Å². The molecule has 1 aliphatic rings.